The lowest BCUT2D eigenvalue weighted by Gasteiger charge is -2.15. The first-order chi connectivity index (χ1) is 11.5. The summed E-state index contributed by atoms with van der Waals surface area (Å²) >= 11 is 1.21. The van der Waals surface area contributed by atoms with Crippen LogP contribution in [0.4, 0.5) is 9.52 Å². The van der Waals surface area contributed by atoms with Crippen molar-refractivity contribution in [2.45, 2.75) is 33.2 Å². The number of hydrogen-bond acceptors (Lipinski definition) is 5. The number of thiazole rings is 1. The van der Waals surface area contributed by atoms with Gasteiger partial charge in [0, 0.05) is 31.9 Å². The summed E-state index contributed by atoms with van der Waals surface area (Å²) in [6.45, 7) is 5.86. The van der Waals surface area contributed by atoms with Gasteiger partial charge >= 0.3 is 0 Å². The number of aryl methyl sites for hydroxylation is 1. The second kappa shape index (κ2) is 7.36. The molecule has 2 aromatic heterocycles. The molecule has 2 aromatic rings. The Balaban J connectivity index is 1.56. The van der Waals surface area contributed by atoms with Gasteiger partial charge in [-0.05, 0) is 49.9 Å². The lowest BCUT2D eigenvalue weighted by atomic mass is 9.99. The van der Waals surface area contributed by atoms with Crippen molar-refractivity contribution in [3.63, 3.8) is 0 Å². The van der Waals surface area contributed by atoms with Gasteiger partial charge in [-0.2, -0.15) is 9.37 Å². The highest BCUT2D eigenvalue weighted by atomic mass is 32.1. The topological polar surface area (TPSA) is 58.1 Å². The summed E-state index contributed by atoms with van der Waals surface area (Å²) in [5.41, 5.74) is 2.35. The summed E-state index contributed by atoms with van der Waals surface area (Å²) in [6.07, 6.45) is 4.00. The first kappa shape index (κ1) is 17.0. The zero-order valence-electron chi connectivity index (χ0n) is 13.9. The van der Waals surface area contributed by atoms with Crippen LogP contribution in [-0.2, 0) is 17.8 Å². The van der Waals surface area contributed by atoms with Crippen molar-refractivity contribution in [3.8, 4) is 0 Å². The van der Waals surface area contributed by atoms with Crippen molar-refractivity contribution >= 4 is 22.4 Å². The summed E-state index contributed by atoms with van der Waals surface area (Å²) < 4.78 is 13.9. The van der Waals surface area contributed by atoms with Crippen molar-refractivity contribution in [2.24, 2.45) is 5.92 Å². The van der Waals surface area contributed by atoms with Gasteiger partial charge in [0.15, 0.2) is 5.13 Å². The predicted octanol–water partition coefficient (Wildman–Crippen LogP) is 3.01. The van der Waals surface area contributed by atoms with Crippen LogP contribution >= 0.6 is 11.3 Å². The third kappa shape index (κ3) is 4.36. The fourth-order valence-corrected chi connectivity index (χ4v) is 4.06. The highest BCUT2D eigenvalue weighted by Gasteiger charge is 2.24. The summed E-state index contributed by atoms with van der Waals surface area (Å²) in [5.74, 6) is -0.126. The number of rotatable bonds is 5. The first-order valence-corrected chi connectivity index (χ1v) is 8.88. The summed E-state index contributed by atoms with van der Waals surface area (Å²) in [5, 5.41) is 2.87. The van der Waals surface area contributed by atoms with E-state index in [0.717, 1.165) is 31.6 Å². The van der Waals surface area contributed by atoms with Gasteiger partial charge < -0.3 is 5.32 Å². The van der Waals surface area contributed by atoms with Crippen LogP contribution in [0.15, 0.2) is 18.3 Å². The van der Waals surface area contributed by atoms with E-state index in [1.165, 1.54) is 23.8 Å². The van der Waals surface area contributed by atoms with E-state index in [1.54, 1.807) is 0 Å². The van der Waals surface area contributed by atoms with Crippen LogP contribution in [0.1, 0.15) is 29.5 Å². The van der Waals surface area contributed by atoms with E-state index in [9.17, 15) is 9.18 Å². The molecular formula is C17H21FN4OS. The standard InChI is InChI=1S/C17H21FN4OS/c1-11-7-13(3-5-19-11)8-14-4-6-22(9-14)10-15-16(18)21-17(24-15)20-12(2)23/h3,5,7,14H,4,6,8-10H2,1-2H3,(H,20,21,23). The molecule has 1 amide bonds. The lowest BCUT2D eigenvalue weighted by Crippen LogP contribution is -2.20. The van der Waals surface area contributed by atoms with E-state index in [4.69, 9.17) is 0 Å². The van der Waals surface area contributed by atoms with Gasteiger partial charge in [0.05, 0.1) is 4.88 Å². The van der Waals surface area contributed by atoms with E-state index >= 15 is 0 Å². The molecule has 1 unspecified atom stereocenters. The number of aromatic nitrogens is 2. The third-order valence-corrected chi connectivity index (χ3v) is 5.09. The van der Waals surface area contributed by atoms with E-state index in [-0.39, 0.29) is 5.91 Å². The number of likely N-dealkylation sites (tertiary alicyclic amines) is 1. The molecule has 1 atom stereocenters. The van der Waals surface area contributed by atoms with Crippen LogP contribution in [0.3, 0.4) is 0 Å². The zero-order valence-corrected chi connectivity index (χ0v) is 14.7. The Bertz CT molecular complexity index is 733. The average Bonchev–Trinajstić information content (AvgIpc) is 3.06. The van der Waals surface area contributed by atoms with E-state index < -0.39 is 5.95 Å². The fourth-order valence-electron chi connectivity index (χ4n) is 3.13. The molecule has 5 nitrogen and oxygen atoms in total. The first-order valence-electron chi connectivity index (χ1n) is 8.06. The maximum absolute atomic E-state index is 13.9. The monoisotopic (exact) mass is 348 g/mol. The molecule has 0 aliphatic carbocycles. The van der Waals surface area contributed by atoms with Crippen molar-refractivity contribution < 1.29 is 9.18 Å². The number of carbonyl (C=O) groups is 1. The Labute approximate surface area is 144 Å². The van der Waals surface area contributed by atoms with E-state index in [1.807, 2.05) is 13.1 Å². The van der Waals surface area contributed by atoms with Gasteiger partial charge in [0.1, 0.15) is 0 Å². The Morgan fingerprint density at radius 1 is 1.54 bits per heavy atom. The van der Waals surface area contributed by atoms with Crippen LogP contribution in [0.2, 0.25) is 0 Å². The van der Waals surface area contributed by atoms with Crippen LogP contribution in [0, 0.1) is 18.8 Å². The number of amides is 1. The molecule has 1 aliphatic heterocycles. The molecule has 3 rings (SSSR count). The molecule has 0 bridgehead atoms. The Morgan fingerprint density at radius 2 is 2.38 bits per heavy atom. The second-order valence-corrected chi connectivity index (χ2v) is 7.40. The SMILES string of the molecule is CC(=O)Nc1nc(F)c(CN2CCC(Cc3ccnc(C)c3)C2)s1. The Hall–Kier alpha value is -1.86. The maximum atomic E-state index is 13.9. The predicted molar refractivity (Wildman–Crippen MR) is 92.4 cm³/mol. The number of carbonyl (C=O) groups excluding carboxylic acids is 1. The van der Waals surface area contributed by atoms with Crippen LogP contribution in [0.25, 0.3) is 0 Å². The van der Waals surface area contributed by atoms with Gasteiger partial charge in [-0.25, -0.2) is 0 Å². The van der Waals surface area contributed by atoms with Crippen LogP contribution < -0.4 is 5.32 Å². The molecule has 3 heterocycles. The summed E-state index contributed by atoms with van der Waals surface area (Å²) in [6, 6.07) is 4.20. The number of nitrogens with zero attached hydrogens (tertiary/aromatic N) is 3. The normalized spacial score (nSPS) is 18.0. The van der Waals surface area contributed by atoms with Gasteiger partial charge in [-0.3, -0.25) is 14.7 Å². The molecule has 0 aromatic carbocycles. The Kier molecular flexibility index (Phi) is 5.20. The van der Waals surface area contributed by atoms with Crippen molar-refractivity contribution in [3.05, 3.63) is 40.4 Å². The largest absolute Gasteiger partial charge is 0.302 e. The summed E-state index contributed by atoms with van der Waals surface area (Å²) in [4.78, 5) is 21.9. The Morgan fingerprint density at radius 3 is 3.12 bits per heavy atom. The van der Waals surface area contributed by atoms with Gasteiger partial charge in [-0.15, -0.1) is 0 Å². The van der Waals surface area contributed by atoms with Gasteiger partial charge in [-0.1, -0.05) is 11.3 Å². The third-order valence-electron chi connectivity index (χ3n) is 4.16. The van der Waals surface area contributed by atoms with E-state index in [0.29, 0.717) is 22.5 Å². The lowest BCUT2D eigenvalue weighted by molar-refractivity contribution is -0.114. The minimum Gasteiger partial charge on any atom is -0.302 e. The van der Waals surface area contributed by atoms with Crippen LogP contribution in [0.5, 0.6) is 0 Å². The van der Waals surface area contributed by atoms with Crippen molar-refractivity contribution in [2.75, 3.05) is 18.4 Å². The molecule has 128 valence electrons. The molecule has 1 N–H and O–H groups in total. The fraction of sp³-hybridized carbons (Fsp3) is 0.471. The average molecular weight is 348 g/mol. The molecule has 7 heteroatoms. The van der Waals surface area contributed by atoms with Gasteiger partial charge in [0.2, 0.25) is 11.9 Å². The number of halogens is 1. The molecular weight excluding hydrogens is 327 g/mol. The molecule has 0 radical (unpaired) electrons. The number of pyridine rings is 1. The number of hydrogen-bond donors (Lipinski definition) is 1. The molecule has 24 heavy (non-hydrogen) atoms. The molecule has 1 fully saturated rings. The minimum atomic E-state index is -0.475. The maximum Gasteiger partial charge on any atom is 0.230 e. The summed E-state index contributed by atoms with van der Waals surface area (Å²) in [7, 11) is 0. The smallest absolute Gasteiger partial charge is 0.230 e. The quantitative estimate of drug-likeness (QED) is 0.902. The number of nitrogens with one attached hydrogen (secondary N) is 1. The highest BCUT2D eigenvalue weighted by Crippen LogP contribution is 2.27. The molecule has 0 spiro atoms. The highest BCUT2D eigenvalue weighted by molar-refractivity contribution is 7.15. The van der Waals surface area contributed by atoms with Crippen molar-refractivity contribution in [1.82, 2.24) is 14.9 Å². The molecule has 0 saturated carbocycles. The van der Waals surface area contributed by atoms with Crippen LogP contribution in [-0.4, -0.2) is 33.9 Å². The van der Waals surface area contributed by atoms with E-state index in [2.05, 4.69) is 32.3 Å². The van der Waals surface area contributed by atoms with Crippen molar-refractivity contribution in [1.29, 1.82) is 0 Å². The molecule has 1 saturated heterocycles. The van der Waals surface area contributed by atoms with Gasteiger partial charge in [0.25, 0.3) is 0 Å². The zero-order chi connectivity index (χ0) is 17.1. The molecule has 1 aliphatic rings. The second-order valence-electron chi connectivity index (χ2n) is 6.31. The minimum absolute atomic E-state index is 0.232. The number of anilines is 1.